The van der Waals surface area contributed by atoms with Crippen molar-refractivity contribution >= 4 is 28.5 Å². The molecule has 0 aliphatic carbocycles. The van der Waals surface area contributed by atoms with Crippen molar-refractivity contribution in [1.29, 1.82) is 0 Å². The van der Waals surface area contributed by atoms with E-state index < -0.39 is 0 Å². The summed E-state index contributed by atoms with van der Waals surface area (Å²) in [6, 6.07) is 3.90. The van der Waals surface area contributed by atoms with E-state index in [1.165, 1.54) is 0 Å². The van der Waals surface area contributed by atoms with Crippen LogP contribution in [0.15, 0.2) is 22.9 Å². The van der Waals surface area contributed by atoms with Crippen molar-refractivity contribution in [2.45, 2.75) is 26.3 Å². The highest BCUT2D eigenvalue weighted by Gasteiger charge is 2.27. The number of hydrogen-bond donors (Lipinski definition) is 0. The van der Waals surface area contributed by atoms with E-state index in [1.54, 1.807) is 22.7 Å². The van der Waals surface area contributed by atoms with E-state index in [0.29, 0.717) is 5.78 Å². The number of piperidine rings is 1. The van der Waals surface area contributed by atoms with Gasteiger partial charge >= 0.3 is 0 Å². The van der Waals surface area contributed by atoms with Crippen molar-refractivity contribution in [1.82, 2.24) is 9.88 Å². The molecule has 3 nitrogen and oxygen atoms in total. The van der Waals surface area contributed by atoms with E-state index in [-0.39, 0.29) is 5.92 Å². The molecule has 0 N–H and O–H groups in total. The van der Waals surface area contributed by atoms with Gasteiger partial charge in [-0.2, -0.15) is 0 Å². The molecule has 1 aliphatic rings. The summed E-state index contributed by atoms with van der Waals surface area (Å²) in [5.74, 6) is 0.473. The molecular formula is C15H18N2OS2. The first kappa shape index (κ1) is 13.9. The number of ketones is 1. The number of thiazole rings is 1. The van der Waals surface area contributed by atoms with E-state index in [9.17, 15) is 4.79 Å². The third-order valence-corrected chi connectivity index (χ3v) is 5.40. The van der Waals surface area contributed by atoms with Crippen LogP contribution >= 0.6 is 22.7 Å². The lowest BCUT2D eigenvalue weighted by molar-refractivity contribution is 0.0814. The summed E-state index contributed by atoms with van der Waals surface area (Å²) in [7, 11) is 0. The quantitative estimate of drug-likeness (QED) is 0.809. The van der Waals surface area contributed by atoms with Gasteiger partial charge in [0.2, 0.25) is 0 Å². The fraction of sp³-hybridized carbons (Fsp3) is 0.467. The Labute approximate surface area is 127 Å². The Balaban J connectivity index is 1.63. The lowest BCUT2D eigenvalue weighted by Crippen LogP contribution is -2.38. The number of carbonyl (C=O) groups excluding carboxylic acids is 1. The zero-order valence-corrected chi connectivity index (χ0v) is 13.2. The highest BCUT2D eigenvalue weighted by atomic mass is 32.1. The minimum atomic E-state index is 0.155. The van der Waals surface area contributed by atoms with E-state index in [1.807, 2.05) is 24.4 Å². The van der Waals surface area contributed by atoms with E-state index in [0.717, 1.165) is 48.1 Å². The van der Waals surface area contributed by atoms with Gasteiger partial charge in [0.15, 0.2) is 5.78 Å². The average molecular weight is 306 g/mol. The average Bonchev–Trinajstić information content (AvgIpc) is 3.10. The second kappa shape index (κ2) is 6.16. The van der Waals surface area contributed by atoms with Crippen LogP contribution < -0.4 is 0 Å². The molecule has 0 saturated carbocycles. The number of hydrogen-bond acceptors (Lipinski definition) is 5. The highest BCUT2D eigenvalue weighted by molar-refractivity contribution is 7.12. The van der Waals surface area contributed by atoms with Gasteiger partial charge in [0.25, 0.3) is 0 Å². The van der Waals surface area contributed by atoms with Crippen molar-refractivity contribution in [3.8, 4) is 0 Å². The van der Waals surface area contributed by atoms with Crippen LogP contribution in [0.1, 0.15) is 33.2 Å². The Morgan fingerprint density at radius 2 is 2.40 bits per heavy atom. The molecule has 1 atom stereocenters. The molecule has 1 saturated heterocycles. The molecule has 0 bridgehead atoms. The van der Waals surface area contributed by atoms with Gasteiger partial charge in [0.05, 0.1) is 15.6 Å². The molecule has 2 aromatic heterocycles. The fourth-order valence-corrected chi connectivity index (χ4v) is 4.09. The molecule has 5 heteroatoms. The Kier molecular flexibility index (Phi) is 4.29. The number of aromatic nitrogens is 1. The minimum Gasteiger partial charge on any atom is -0.297 e. The van der Waals surface area contributed by atoms with Gasteiger partial charge in [0.1, 0.15) is 0 Å². The number of thiophene rings is 1. The van der Waals surface area contributed by atoms with Crippen molar-refractivity contribution in [3.63, 3.8) is 0 Å². The topological polar surface area (TPSA) is 33.2 Å². The van der Waals surface area contributed by atoms with Crippen LogP contribution in [0.5, 0.6) is 0 Å². The van der Waals surface area contributed by atoms with Gasteiger partial charge in [0, 0.05) is 24.4 Å². The van der Waals surface area contributed by atoms with Crippen LogP contribution in [0.4, 0.5) is 0 Å². The molecule has 1 fully saturated rings. The van der Waals surface area contributed by atoms with E-state index >= 15 is 0 Å². The Bertz CT molecular complexity index is 576. The predicted molar refractivity (Wildman–Crippen MR) is 83.5 cm³/mol. The summed E-state index contributed by atoms with van der Waals surface area (Å²) in [6.07, 6.45) is 2.12. The van der Waals surface area contributed by atoms with E-state index in [2.05, 4.69) is 15.3 Å². The standard InChI is InChI=1S/C15H18N2OS2/c1-11-16-13(10-20-11)9-17-6-2-4-12(8-17)15(18)14-5-3-7-19-14/h3,5,7,10,12H,2,4,6,8-9H2,1H3/t12-/m0/s1. The summed E-state index contributed by atoms with van der Waals surface area (Å²) < 4.78 is 0. The monoisotopic (exact) mass is 306 g/mol. The lowest BCUT2D eigenvalue weighted by Gasteiger charge is -2.31. The Hall–Kier alpha value is -1.04. The van der Waals surface area contributed by atoms with Crippen LogP contribution in [-0.4, -0.2) is 28.8 Å². The van der Waals surface area contributed by atoms with Crippen LogP contribution in [0, 0.1) is 12.8 Å². The van der Waals surface area contributed by atoms with Gasteiger partial charge < -0.3 is 0 Å². The normalized spacial score (nSPS) is 20.1. The maximum atomic E-state index is 12.4. The summed E-state index contributed by atoms with van der Waals surface area (Å²) in [5.41, 5.74) is 1.14. The second-order valence-electron chi connectivity index (χ2n) is 5.27. The van der Waals surface area contributed by atoms with Gasteiger partial charge in [-0.1, -0.05) is 6.07 Å². The highest BCUT2D eigenvalue weighted by Crippen LogP contribution is 2.24. The molecule has 1 aliphatic heterocycles. The Morgan fingerprint density at radius 3 is 3.10 bits per heavy atom. The fourth-order valence-electron chi connectivity index (χ4n) is 2.74. The SMILES string of the molecule is Cc1nc(CN2CCC[C@H](C(=O)c3cccs3)C2)cs1. The maximum Gasteiger partial charge on any atom is 0.177 e. The molecule has 0 radical (unpaired) electrons. The van der Waals surface area contributed by atoms with Crippen molar-refractivity contribution < 1.29 is 4.79 Å². The maximum absolute atomic E-state index is 12.4. The van der Waals surface area contributed by atoms with Gasteiger partial charge in [-0.15, -0.1) is 22.7 Å². The third-order valence-electron chi connectivity index (χ3n) is 3.69. The molecule has 20 heavy (non-hydrogen) atoms. The van der Waals surface area contributed by atoms with Crippen molar-refractivity contribution in [2.75, 3.05) is 13.1 Å². The smallest absolute Gasteiger partial charge is 0.177 e. The van der Waals surface area contributed by atoms with Crippen molar-refractivity contribution in [2.24, 2.45) is 5.92 Å². The van der Waals surface area contributed by atoms with Crippen LogP contribution in [0.25, 0.3) is 0 Å². The zero-order chi connectivity index (χ0) is 13.9. The number of likely N-dealkylation sites (tertiary alicyclic amines) is 1. The number of rotatable bonds is 4. The predicted octanol–water partition coefficient (Wildman–Crippen LogP) is 3.61. The number of nitrogens with zero attached hydrogens (tertiary/aromatic N) is 2. The first-order valence-electron chi connectivity index (χ1n) is 6.93. The molecule has 0 aromatic carbocycles. The van der Waals surface area contributed by atoms with Crippen LogP contribution in [0.2, 0.25) is 0 Å². The number of carbonyl (C=O) groups is 1. The molecule has 0 amide bonds. The van der Waals surface area contributed by atoms with Gasteiger partial charge in [-0.05, 0) is 37.8 Å². The molecule has 3 heterocycles. The van der Waals surface area contributed by atoms with Crippen LogP contribution in [0.3, 0.4) is 0 Å². The largest absolute Gasteiger partial charge is 0.297 e. The number of Topliss-reactive ketones (excluding diaryl/α,β-unsaturated/α-hetero) is 1. The van der Waals surface area contributed by atoms with E-state index in [4.69, 9.17) is 0 Å². The molecule has 0 spiro atoms. The minimum absolute atomic E-state index is 0.155. The first-order chi connectivity index (χ1) is 9.72. The second-order valence-corrected chi connectivity index (χ2v) is 7.28. The van der Waals surface area contributed by atoms with Crippen LogP contribution in [-0.2, 0) is 6.54 Å². The molecular weight excluding hydrogens is 288 g/mol. The molecule has 106 valence electrons. The third kappa shape index (κ3) is 3.16. The van der Waals surface area contributed by atoms with Gasteiger partial charge in [-0.25, -0.2) is 4.98 Å². The van der Waals surface area contributed by atoms with Crippen molar-refractivity contribution in [3.05, 3.63) is 38.5 Å². The lowest BCUT2D eigenvalue weighted by atomic mass is 9.93. The molecule has 2 aromatic rings. The zero-order valence-electron chi connectivity index (χ0n) is 11.5. The first-order valence-corrected chi connectivity index (χ1v) is 8.69. The molecule has 0 unspecified atom stereocenters. The Morgan fingerprint density at radius 1 is 1.50 bits per heavy atom. The number of aryl methyl sites for hydroxylation is 1. The van der Waals surface area contributed by atoms with Gasteiger partial charge in [-0.3, -0.25) is 9.69 Å². The summed E-state index contributed by atoms with van der Waals surface area (Å²) >= 11 is 3.25. The molecule has 3 rings (SSSR count). The summed E-state index contributed by atoms with van der Waals surface area (Å²) in [5, 5.41) is 5.22. The summed E-state index contributed by atoms with van der Waals surface area (Å²) in [6.45, 7) is 4.85. The summed E-state index contributed by atoms with van der Waals surface area (Å²) in [4.78, 5) is 20.2.